The Labute approximate surface area is 146 Å². The first-order chi connectivity index (χ1) is 12.2. The van der Waals surface area contributed by atoms with E-state index in [2.05, 4.69) is 11.8 Å². The van der Waals surface area contributed by atoms with Gasteiger partial charge in [-0.05, 0) is 36.4 Å². The highest BCUT2D eigenvalue weighted by Crippen LogP contribution is 2.15. The van der Waals surface area contributed by atoms with Crippen LogP contribution in [-0.4, -0.2) is 44.3 Å². The Bertz CT molecular complexity index is 1010. The average molecular weight is 354 g/mol. The summed E-state index contributed by atoms with van der Waals surface area (Å²) in [5.41, 5.74) is -1.20. The molecule has 0 radical (unpaired) electrons. The highest BCUT2D eigenvalue weighted by molar-refractivity contribution is 5.96. The Morgan fingerprint density at radius 3 is 1.62 bits per heavy atom. The summed E-state index contributed by atoms with van der Waals surface area (Å²) in [6, 6.07) is 6.53. The summed E-state index contributed by atoms with van der Waals surface area (Å²) in [7, 11) is 0. The van der Waals surface area contributed by atoms with Gasteiger partial charge in [0.1, 0.15) is 0 Å². The van der Waals surface area contributed by atoms with Gasteiger partial charge >= 0.3 is 23.9 Å². The van der Waals surface area contributed by atoms with Crippen molar-refractivity contribution in [1.29, 1.82) is 0 Å². The van der Waals surface area contributed by atoms with Crippen LogP contribution in [0, 0.1) is 11.8 Å². The fourth-order valence-electron chi connectivity index (χ4n) is 2.07. The predicted octanol–water partition coefficient (Wildman–Crippen LogP) is 1.88. The molecule has 0 atom stereocenters. The normalized spacial score (nSPS) is 9.69. The fourth-order valence-corrected chi connectivity index (χ4v) is 2.07. The lowest BCUT2D eigenvalue weighted by atomic mass is 10.0. The van der Waals surface area contributed by atoms with Crippen LogP contribution >= 0.6 is 0 Å². The molecule has 4 N–H and O–H groups in total. The van der Waals surface area contributed by atoms with E-state index in [-0.39, 0.29) is 33.4 Å². The molecule has 0 aliphatic rings. The number of hydrogen-bond donors (Lipinski definition) is 4. The number of rotatable bonds is 4. The van der Waals surface area contributed by atoms with Crippen LogP contribution in [0.5, 0.6) is 0 Å². The first-order valence-electron chi connectivity index (χ1n) is 6.94. The zero-order chi connectivity index (χ0) is 19.4. The van der Waals surface area contributed by atoms with Gasteiger partial charge < -0.3 is 20.4 Å². The third kappa shape index (κ3) is 3.85. The van der Waals surface area contributed by atoms with Gasteiger partial charge in [-0.3, -0.25) is 0 Å². The molecule has 2 aromatic carbocycles. The van der Waals surface area contributed by atoms with Crippen molar-refractivity contribution >= 4 is 23.9 Å². The molecule has 0 spiro atoms. The second kappa shape index (κ2) is 7.19. The zero-order valence-electron chi connectivity index (χ0n) is 12.9. The molecule has 0 aliphatic carbocycles. The van der Waals surface area contributed by atoms with Crippen molar-refractivity contribution < 1.29 is 39.6 Å². The number of carboxylic acids is 4. The minimum Gasteiger partial charge on any atom is -0.478 e. The predicted molar refractivity (Wildman–Crippen MR) is 86.7 cm³/mol. The molecule has 130 valence electrons. The monoisotopic (exact) mass is 354 g/mol. The number of carboxylic acid groups (broad SMARTS) is 4. The molecular weight excluding hydrogens is 344 g/mol. The van der Waals surface area contributed by atoms with E-state index in [4.69, 9.17) is 15.3 Å². The first-order valence-corrected chi connectivity index (χ1v) is 6.94. The van der Waals surface area contributed by atoms with Gasteiger partial charge in [-0.25, -0.2) is 19.2 Å². The van der Waals surface area contributed by atoms with Gasteiger partial charge in [-0.15, -0.1) is 0 Å². The Balaban J connectivity index is 2.60. The van der Waals surface area contributed by atoms with Gasteiger partial charge in [0.2, 0.25) is 0 Å². The van der Waals surface area contributed by atoms with Gasteiger partial charge in [0.15, 0.2) is 0 Å². The molecule has 0 unspecified atom stereocenters. The number of hydrogen-bond acceptors (Lipinski definition) is 4. The van der Waals surface area contributed by atoms with Gasteiger partial charge in [0, 0.05) is 11.1 Å². The molecule has 2 rings (SSSR count). The highest BCUT2D eigenvalue weighted by Gasteiger charge is 2.14. The van der Waals surface area contributed by atoms with E-state index in [9.17, 15) is 24.3 Å². The minimum absolute atomic E-state index is 0.0421. The van der Waals surface area contributed by atoms with E-state index in [1.807, 2.05) is 0 Å². The van der Waals surface area contributed by atoms with Crippen molar-refractivity contribution in [3.05, 3.63) is 69.8 Å². The summed E-state index contributed by atoms with van der Waals surface area (Å²) in [6.45, 7) is 0. The van der Waals surface area contributed by atoms with Crippen LogP contribution in [-0.2, 0) is 0 Å². The van der Waals surface area contributed by atoms with Crippen molar-refractivity contribution in [3.63, 3.8) is 0 Å². The SMILES string of the molecule is O=C(O)c1ccc(C(=O)O)c(C#Cc2ccc(C(=O)O)cc2C(=O)O)c1. The lowest BCUT2D eigenvalue weighted by molar-refractivity contribution is 0.0681. The summed E-state index contributed by atoms with van der Waals surface area (Å²) in [4.78, 5) is 44.5. The van der Waals surface area contributed by atoms with Crippen LogP contribution in [0.2, 0.25) is 0 Å². The first kappa shape index (κ1) is 18.2. The molecule has 8 nitrogen and oxygen atoms in total. The van der Waals surface area contributed by atoms with Crippen LogP contribution in [0.3, 0.4) is 0 Å². The van der Waals surface area contributed by atoms with Crippen LogP contribution in [0.15, 0.2) is 36.4 Å². The fraction of sp³-hybridized carbons (Fsp3) is 0. The largest absolute Gasteiger partial charge is 0.478 e. The second-order valence-electron chi connectivity index (χ2n) is 4.99. The van der Waals surface area contributed by atoms with Crippen LogP contribution < -0.4 is 0 Å². The molecule has 0 bridgehead atoms. The van der Waals surface area contributed by atoms with Crippen LogP contribution in [0.4, 0.5) is 0 Å². The van der Waals surface area contributed by atoms with Gasteiger partial charge in [-0.2, -0.15) is 0 Å². The maximum atomic E-state index is 11.3. The molecule has 0 heterocycles. The van der Waals surface area contributed by atoms with Crippen molar-refractivity contribution in [2.45, 2.75) is 0 Å². The standard InChI is InChI=1S/C18H10O8/c19-15(20)11-5-6-13(17(23)24)10(7-11)3-1-9-2-4-12(16(21)22)8-14(9)18(25)26/h2,4-8H,(H,19,20)(H,21,22)(H,23,24)(H,25,26). The Kier molecular flexibility index (Phi) is 5.04. The summed E-state index contributed by atoms with van der Waals surface area (Å²) in [5, 5.41) is 36.3. The third-order valence-electron chi connectivity index (χ3n) is 3.33. The van der Waals surface area contributed by atoms with Crippen molar-refractivity contribution in [2.75, 3.05) is 0 Å². The highest BCUT2D eigenvalue weighted by atomic mass is 16.4. The maximum Gasteiger partial charge on any atom is 0.336 e. The molecule has 2 aromatic rings. The van der Waals surface area contributed by atoms with E-state index in [1.165, 1.54) is 6.07 Å². The average Bonchev–Trinajstić information content (AvgIpc) is 2.59. The van der Waals surface area contributed by atoms with Gasteiger partial charge in [-0.1, -0.05) is 11.8 Å². The summed E-state index contributed by atoms with van der Waals surface area (Å²) in [5.74, 6) is -0.418. The lowest BCUT2D eigenvalue weighted by Gasteiger charge is -2.03. The summed E-state index contributed by atoms with van der Waals surface area (Å²) < 4.78 is 0. The molecule has 0 amide bonds. The molecule has 0 aliphatic heterocycles. The minimum atomic E-state index is -1.41. The van der Waals surface area contributed by atoms with Crippen molar-refractivity contribution in [1.82, 2.24) is 0 Å². The molecule has 0 fully saturated rings. The van der Waals surface area contributed by atoms with E-state index < -0.39 is 23.9 Å². The lowest BCUT2D eigenvalue weighted by Crippen LogP contribution is -2.05. The van der Waals surface area contributed by atoms with E-state index >= 15 is 0 Å². The summed E-state index contributed by atoms with van der Waals surface area (Å²) in [6.07, 6.45) is 0. The van der Waals surface area contributed by atoms with E-state index in [1.54, 1.807) is 0 Å². The van der Waals surface area contributed by atoms with Crippen molar-refractivity contribution in [3.8, 4) is 11.8 Å². The molecule has 0 saturated heterocycles. The molecule has 0 saturated carbocycles. The Morgan fingerprint density at radius 2 is 1.08 bits per heavy atom. The Hall–Kier alpha value is -4.12. The number of benzene rings is 2. The number of aromatic carboxylic acids is 4. The quantitative estimate of drug-likeness (QED) is 0.608. The number of carbonyl (C=O) groups is 4. The molecule has 8 heteroatoms. The van der Waals surface area contributed by atoms with E-state index in [0.717, 1.165) is 30.3 Å². The molecular formula is C18H10O8. The molecule has 0 aromatic heterocycles. The second-order valence-corrected chi connectivity index (χ2v) is 4.99. The zero-order valence-corrected chi connectivity index (χ0v) is 12.9. The van der Waals surface area contributed by atoms with Crippen molar-refractivity contribution in [2.24, 2.45) is 0 Å². The van der Waals surface area contributed by atoms with Gasteiger partial charge in [0.05, 0.1) is 22.3 Å². The smallest absolute Gasteiger partial charge is 0.336 e. The van der Waals surface area contributed by atoms with Gasteiger partial charge in [0.25, 0.3) is 0 Å². The maximum absolute atomic E-state index is 11.3. The van der Waals surface area contributed by atoms with Crippen LogP contribution in [0.25, 0.3) is 0 Å². The van der Waals surface area contributed by atoms with E-state index in [0.29, 0.717) is 0 Å². The Morgan fingerprint density at radius 1 is 0.577 bits per heavy atom. The third-order valence-corrected chi connectivity index (χ3v) is 3.33. The topological polar surface area (TPSA) is 149 Å². The summed E-state index contributed by atoms with van der Waals surface area (Å²) >= 11 is 0. The molecule has 26 heavy (non-hydrogen) atoms. The van der Waals surface area contributed by atoms with Crippen LogP contribution in [0.1, 0.15) is 52.6 Å².